The van der Waals surface area contributed by atoms with Crippen LogP contribution in [0.15, 0.2) is 76.6 Å². The highest BCUT2D eigenvalue weighted by atomic mass is 32.2. The van der Waals surface area contributed by atoms with Crippen molar-refractivity contribution >= 4 is 48.9 Å². The molecule has 3 aromatic carbocycles. The van der Waals surface area contributed by atoms with Crippen molar-refractivity contribution in [1.82, 2.24) is 4.57 Å². The summed E-state index contributed by atoms with van der Waals surface area (Å²) in [6.45, 7) is 2.82. The summed E-state index contributed by atoms with van der Waals surface area (Å²) in [7, 11) is -3.78. The third-order valence-electron chi connectivity index (χ3n) is 6.15. The van der Waals surface area contributed by atoms with Crippen LogP contribution in [0.2, 0.25) is 0 Å². The first kappa shape index (κ1) is 23.9. The van der Waals surface area contributed by atoms with Gasteiger partial charge in [0.1, 0.15) is 0 Å². The van der Waals surface area contributed by atoms with Gasteiger partial charge in [-0.2, -0.15) is 4.99 Å². The van der Waals surface area contributed by atoms with Crippen molar-refractivity contribution in [2.24, 2.45) is 4.99 Å². The lowest BCUT2D eigenvalue weighted by atomic mass is 10.0. The Bertz CT molecular complexity index is 1670. The molecule has 0 radical (unpaired) electrons. The Morgan fingerprint density at radius 3 is 2.58 bits per heavy atom. The van der Waals surface area contributed by atoms with Crippen LogP contribution in [0.1, 0.15) is 29.3 Å². The maximum atomic E-state index is 13.3. The monoisotopic (exact) mass is 522 g/mol. The van der Waals surface area contributed by atoms with E-state index in [9.17, 15) is 23.3 Å². The fraction of sp³-hybridized carbons (Fsp3) is 0.200. The largest absolute Gasteiger partial charge is 0.317 e. The molecule has 0 aliphatic carbocycles. The zero-order chi connectivity index (χ0) is 25.4. The highest BCUT2D eigenvalue weighted by molar-refractivity contribution is 7.92. The van der Waals surface area contributed by atoms with E-state index in [0.29, 0.717) is 28.3 Å². The fourth-order valence-electron chi connectivity index (χ4n) is 4.36. The molecule has 1 amide bonds. The molecule has 36 heavy (non-hydrogen) atoms. The van der Waals surface area contributed by atoms with Crippen molar-refractivity contribution in [3.05, 3.63) is 92.8 Å². The Balaban J connectivity index is 1.46. The van der Waals surface area contributed by atoms with Crippen LogP contribution in [0.5, 0.6) is 0 Å². The molecule has 1 aliphatic rings. The van der Waals surface area contributed by atoms with Gasteiger partial charge in [0.2, 0.25) is 0 Å². The number of non-ortho nitro benzene ring substituents is 1. The summed E-state index contributed by atoms with van der Waals surface area (Å²) in [4.78, 5) is 28.3. The number of benzene rings is 3. The van der Waals surface area contributed by atoms with Crippen molar-refractivity contribution in [1.29, 1.82) is 0 Å². The van der Waals surface area contributed by atoms with E-state index in [1.165, 1.54) is 52.0 Å². The molecular weight excluding hydrogens is 500 g/mol. The van der Waals surface area contributed by atoms with Gasteiger partial charge in [0.05, 0.1) is 25.7 Å². The summed E-state index contributed by atoms with van der Waals surface area (Å²) < 4.78 is 30.6. The number of hydrogen-bond acceptors (Lipinski definition) is 6. The van der Waals surface area contributed by atoms with E-state index in [4.69, 9.17) is 0 Å². The van der Waals surface area contributed by atoms with Crippen molar-refractivity contribution in [3.8, 4) is 0 Å². The van der Waals surface area contributed by atoms with E-state index in [1.807, 2.05) is 35.8 Å². The zero-order valence-electron chi connectivity index (χ0n) is 19.3. The van der Waals surface area contributed by atoms with Crippen LogP contribution in [0, 0.1) is 10.1 Å². The van der Waals surface area contributed by atoms with Crippen molar-refractivity contribution in [3.63, 3.8) is 0 Å². The number of carbonyl (C=O) groups excluding carboxylic acids is 1. The van der Waals surface area contributed by atoms with Crippen LogP contribution in [0.25, 0.3) is 10.2 Å². The Morgan fingerprint density at radius 2 is 1.86 bits per heavy atom. The minimum absolute atomic E-state index is 0.0296. The average molecular weight is 523 g/mol. The Hall–Kier alpha value is -3.83. The first-order valence-corrected chi connectivity index (χ1v) is 13.6. The first-order chi connectivity index (χ1) is 17.3. The van der Waals surface area contributed by atoms with E-state index in [0.717, 1.165) is 23.9 Å². The number of thiazole rings is 1. The molecule has 0 saturated heterocycles. The van der Waals surface area contributed by atoms with Crippen molar-refractivity contribution < 1.29 is 18.1 Å². The number of para-hydroxylation sites is 1. The van der Waals surface area contributed by atoms with Gasteiger partial charge >= 0.3 is 0 Å². The fourth-order valence-corrected chi connectivity index (χ4v) is 7.03. The molecule has 9 nitrogen and oxygen atoms in total. The molecule has 0 unspecified atom stereocenters. The molecule has 11 heteroatoms. The molecule has 0 N–H and O–H groups in total. The first-order valence-electron chi connectivity index (χ1n) is 11.4. The van der Waals surface area contributed by atoms with Gasteiger partial charge in [-0.1, -0.05) is 29.5 Å². The van der Waals surface area contributed by atoms with Crippen molar-refractivity contribution in [2.75, 3.05) is 10.8 Å². The normalized spacial score (nSPS) is 14.1. The summed E-state index contributed by atoms with van der Waals surface area (Å²) in [5, 5.41) is 11.1. The number of sulfonamides is 1. The number of anilines is 1. The number of carbonyl (C=O) groups is 1. The van der Waals surface area contributed by atoms with Gasteiger partial charge in [-0.3, -0.25) is 19.2 Å². The Morgan fingerprint density at radius 1 is 1.11 bits per heavy atom. The predicted molar refractivity (Wildman–Crippen MR) is 138 cm³/mol. The molecule has 0 spiro atoms. The summed E-state index contributed by atoms with van der Waals surface area (Å²) in [6, 6.07) is 17.8. The van der Waals surface area contributed by atoms with Crippen LogP contribution in [-0.4, -0.2) is 30.4 Å². The standard InChI is InChI=1S/C25H22N4O5S2/c1-2-27-22-14-11-19(29(31)32)16-23(22)35-25(27)26-24(30)18-9-12-20(13-10-18)36(33,34)28-15-5-7-17-6-3-4-8-21(17)28/h3-4,6,8-14,16H,2,5,7,15H2,1H3. The van der Waals surface area contributed by atoms with Gasteiger partial charge in [0.15, 0.2) is 4.80 Å². The second-order valence-electron chi connectivity index (χ2n) is 8.29. The van der Waals surface area contributed by atoms with E-state index in [2.05, 4.69) is 4.99 Å². The summed E-state index contributed by atoms with van der Waals surface area (Å²) in [5.41, 5.74) is 2.66. The van der Waals surface area contributed by atoms with Crippen LogP contribution >= 0.6 is 11.3 Å². The van der Waals surface area contributed by atoms with Crippen LogP contribution in [0.4, 0.5) is 11.4 Å². The smallest absolute Gasteiger partial charge is 0.279 e. The number of nitro benzene ring substituents is 1. The van der Waals surface area contributed by atoms with E-state index < -0.39 is 20.9 Å². The molecule has 1 aliphatic heterocycles. The highest BCUT2D eigenvalue weighted by Crippen LogP contribution is 2.32. The quantitative estimate of drug-likeness (QED) is 0.282. The van der Waals surface area contributed by atoms with Gasteiger partial charge in [0, 0.05) is 30.8 Å². The van der Waals surface area contributed by atoms with Gasteiger partial charge < -0.3 is 4.57 Å². The molecule has 0 fully saturated rings. The van der Waals surface area contributed by atoms with Gasteiger partial charge in [-0.25, -0.2) is 8.42 Å². The Labute approximate surface area is 211 Å². The number of aromatic nitrogens is 1. The lowest BCUT2D eigenvalue weighted by Crippen LogP contribution is -2.35. The molecule has 0 atom stereocenters. The number of amides is 1. The molecular formula is C25H22N4O5S2. The predicted octanol–water partition coefficient (Wildman–Crippen LogP) is 4.51. The van der Waals surface area contributed by atoms with Gasteiger partial charge in [0.25, 0.3) is 21.6 Å². The molecule has 1 aromatic heterocycles. The molecule has 4 aromatic rings. The minimum atomic E-state index is -3.78. The van der Waals surface area contributed by atoms with Crippen LogP contribution in [-0.2, 0) is 23.0 Å². The summed E-state index contributed by atoms with van der Waals surface area (Å²) in [5.74, 6) is -0.523. The van der Waals surface area contributed by atoms with E-state index >= 15 is 0 Å². The second kappa shape index (κ2) is 9.32. The molecule has 5 rings (SSSR count). The van der Waals surface area contributed by atoms with Gasteiger partial charge in [-0.05, 0) is 61.7 Å². The topological polar surface area (TPSA) is 115 Å². The number of nitro groups is 1. The van der Waals surface area contributed by atoms with Crippen LogP contribution in [0.3, 0.4) is 0 Å². The lowest BCUT2D eigenvalue weighted by Gasteiger charge is -2.30. The minimum Gasteiger partial charge on any atom is -0.317 e. The number of rotatable bonds is 5. The maximum Gasteiger partial charge on any atom is 0.279 e. The maximum absolute atomic E-state index is 13.3. The van der Waals surface area contributed by atoms with E-state index in [-0.39, 0.29) is 16.1 Å². The second-order valence-corrected chi connectivity index (χ2v) is 11.2. The third kappa shape index (κ3) is 4.20. The summed E-state index contributed by atoms with van der Waals surface area (Å²) in [6.07, 6.45) is 1.57. The zero-order valence-corrected chi connectivity index (χ0v) is 21.0. The van der Waals surface area contributed by atoms with E-state index in [1.54, 1.807) is 6.07 Å². The number of fused-ring (bicyclic) bond motifs is 2. The molecule has 0 saturated carbocycles. The molecule has 184 valence electrons. The summed E-state index contributed by atoms with van der Waals surface area (Å²) >= 11 is 1.19. The highest BCUT2D eigenvalue weighted by Gasteiger charge is 2.29. The van der Waals surface area contributed by atoms with Crippen LogP contribution < -0.4 is 9.11 Å². The van der Waals surface area contributed by atoms with Gasteiger partial charge in [-0.15, -0.1) is 0 Å². The number of nitrogens with zero attached hydrogens (tertiary/aromatic N) is 4. The molecule has 0 bridgehead atoms. The van der Waals surface area contributed by atoms with Crippen molar-refractivity contribution in [2.45, 2.75) is 31.2 Å². The molecule has 2 heterocycles. The third-order valence-corrected chi connectivity index (χ3v) is 9.02. The SMILES string of the molecule is CCn1c(=NC(=O)c2ccc(S(=O)(=O)N3CCCc4ccccc43)cc2)sc2cc([N+](=O)[O-])ccc21. The average Bonchev–Trinajstić information content (AvgIpc) is 3.24. The number of aryl methyl sites for hydroxylation is 2. The lowest BCUT2D eigenvalue weighted by molar-refractivity contribution is -0.384. The number of hydrogen-bond donors (Lipinski definition) is 0. The Kier molecular flexibility index (Phi) is 6.19.